The molecule has 11 heavy (non-hydrogen) atoms. The third-order valence-electron chi connectivity index (χ3n) is 1.92. The summed E-state index contributed by atoms with van der Waals surface area (Å²) < 4.78 is 4.50. The smallest absolute Gasteiger partial charge is 0.313 e. The second-order valence-electron chi connectivity index (χ2n) is 2.56. The third-order valence-corrected chi connectivity index (χ3v) is 1.92. The van der Waals surface area contributed by atoms with Gasteiger partial charge in [-0.25, -0.2) is 0 Å². The molecule has 1 rings (SSSR count). The van der Waals surface area contributed by atoms with Gasteiger partial charge in [0.15, 0.2) is 5.78 Å². The van der Waals surface area contributed by atoms with Gasteiger partial charge in [0, 0.05) is 12.0 Å². The van der Waals surface area contributed by atoms with E-state index in [0.717, 1.165) is 0 Å². The van der Waals surface area contributed by atoms with Crippen molar-refractivity contribution in [3.8, 4) is 0 Å². The molecule has 3 nitrogen and oxygen atoms in total. The molecule has 0 heterocycles. The zero-order valence-electron chi connectivity index (χ0n) is 6.42. The van der Waals surface area contributed by atoms with Crippen molar-refractivity contribution in [2.24, 2.45) is 5.92 Å². The van der Waals surface area contributed by atoms with E-state index in [1.807, 2.05) is 0 Å². The van der Waals surface area contributed by atoms with Crippen LogP contribution in [0.4, 0.5) is 0 Å². The summed E-state index contributed by atoms with van der Waals surface area (Å²) in [7, 11) is 1.32. The number of carbonyl (C=O) groups excluding carboxylic acids is 2. The lowest BCUT2D eigenvalue weighted by molar-refractivity contribution is -0.144. The molecule has 0 aliphatic heterocycles. The van der Waals surface area contributed by atoms with Crippen molar-refractivity contribution >= 4 is 11.8 Å². The zero-order valence-corrected chi connectivity index (χ0v) is 6.42. The minimum absolute atomic E-state index is 0.0135. The van der Waals surface area contributed by atoms with Crippen molar-refractivity contribution in [2.75, 3.05) is 7.11 Å². The van der Waals surface area contributed by atoms with Gasteiger partial charge >= 0.3 is 5.97 Å². The Labute approximate surface area is 65.0 Å². The summed E-state index contributed by atoms with van der Waals surface area (Å²) in [6, 6.07) is 0. The quantitative estimate of drug-likeness (QED) is 0.412. The van der Waals surface area contributed by atoms with Crippen LogP contribution in [0, 0.1) is 5.92 Å². The van der Waals surface area contributed by atoms with Gasteiger partial charge < -0.3 is 4.74 Å². The van der Waals surface area contributed by atoms with Gasteiger partial charge in [0.05, 0.1) is 13.0 Å². The summed E-state index contributed by atoms with van der Waals surface area (Å²) in [5.41, 5.74) is 0.400. The van der Waals surface area contributed by atoms with Gasteiger partial charge in [-0.1, -0.05) is 6.58 Å². The van der Waals surface area contributed by atoms with Crippen LogP contribution in [0.5, 0.6) is 0 Å². The SMILES string of the molecule is C=C1C(=O)CCC1C(=O)OC. The molecule has 0 N–H and O–H groups in total. The van der Waals surface area contributed by atoms with Crippen molar-refractivity contribution in [1.82, 2.24) is 0 Å². The summed E-state index contributed by atoms with van der Waals surface area (Å²) in [6.07, 6.45) is 0.989. The number of hydrogen-bond donors (Lipinski definition) is 0. The highest BCUT2D eigenvalue weighted by Gasteiger charge is 2.32. The van der Waals surface area contributed by atoms with E-state index in [1.54, 1.807) is 0 Å². The van der Waals surface area contributed by atoms with Gasteiger partial charge in [0.2, 0.25) is 0 Å². The first-order valence-electron chi connectivity index (χ1n) is 3.46. The van der Waals surface area contributed by atoms with E-state index in [0.29, 0.717) is 18.4 Å². The Morgan fingerprint density at radius 2 is 2.36 bits per heavy atom. The molecule has 0 aromatic heterocycles. The first kappa shape index (κ1) is 7.98. The molecule has 1 unspecified atom stereocenters. The molecule has 0 bridgehead atoms. The molecule has 1 atom stereocenters. The predicted octanol–water partition coefficient (Wildman–Crippen LogP) is 0.695. The van der Waals surface area contributed by atoms with Crippen molar-refractivity contribution in [1.29, 1.82) is 0 Å². The lowest BCUT2D eigenvalue weighted by Gasteiger charge is -2.05. The van der Waals surface area contributed by atoms with Gasteiger partial charge in [-0.3, -0.25) is 9.59 Å². The molecule has 0 amide bonds. The zero-order chi connectivity index (χ0) is 8.43. The van der Waals surface area contributed by atoms with Crippen molar-refractivity contribution in [2.45, 2.75) is 12.8 Å². The van der Waals surface area contributed by atoms with Crippen LogP contribution >= 0.6 is 0 Å². The highest BCUT2D eigenvalue weighted by molar-refractivity contribution is 6.02. The molecular weight excluding hydrogens is 144 g/mol. The standard InChI is InChI=1S/C8H10O3/c1-5-6(8(10)11-2)3-4-7(5)9/h6H,1,3-4H2,2H3. The summed E-state index contributed by atoms with van der Waals surface area (Å²) in [5.74, 6) is -0.742. The summed E-state index contributed by atoms with van der Waals surface area (Å²) in [6.45, 7) is 3.54. The number of esters is 1. The highest BCUT2D eigenvalue weighted by atomic mass is 16.5. The van der Waals surface area contributed by atoms with E-state index in [-0.39, 0.29) is 17.7 Å². The minimum atomic E-state index is -0.382. The van der Waals surface area contributed by atoms with Crippen molar-refractivity contribution in [3.05, 3.63) is 12.2 Å². The number of hydrogen-bond acceptors (Lipinski definition) is 3. The van der Waals surface area contributed by atoms with Gasteiger partial charge in [0.25, 0.3) is 0 Å². The second-order valence-corrected chi connectivity index (χ2v) is 2.56. The molecular formula is C8H10O3. The third kappa shape index (κ3) is 1.31. The Balaban J connectivity index is 2.69. The Morgan fingerprint density at radius 3 is 2.73 bits per heavy atom. The number of carbonyl (C=O) groups is 2. The van der Waals surface area contributed by atoms with Gasteiger partial charge in [-0.15, -0.1) is 0 Å². The van der Waals surface area contributed by atoms with Crippen LogP contribution < -0.4 is 0 Å². The summed E-state index contributed by atoms with van der Waals surface area (Å²) >= 11 is 0. The highest BCUT2D eigenvalue weighted by Crippen LogP contribution is 2.27. The molecule has 3 heteroatoms. The largest absolute Gasteiger partial charge is 0.469 e. The van der Waals surface area contributed by atoms with Crippen molar-refractivity contribution in [3.63, 3.8) is 0 Å². The Kier molecular flexibility index (Phi) is 2.08. The van der Waals surface area contributed by atoms with Crippen LogP contribution in [0.1, 0.15) is 12.8 Å². The number of rotatable bonds is 1. The maximum atomic E-state index is 10.9. The molecule has 0 spiro atoms. The first-order valence-corrected chi connectivity index (χ1v) is 3.46. The van der Waals surface area contributed by atoms with Gasteiger partial charge in [-0.05, 0) is 6.42 Å². The summed E-state index contributed by atoms with van der Waals surface area (Å²) in [4.78, 5) is 21.8. The number of ether oxygens (including phenoxy) is 1. The average Bonchev–Trinajstić information content (AvgIpc) is 2.32. The van der Waals surface area contributed by atoms with Crippen LogP contribution in [-0.4, -0.2) is 18.9 Å². The summed E-state index contributed by atoms with van der Waals surface area (Å²) in [5, 5.41) is 0. The Hall–Kier alpha value is -1.12. The van der Waals surface area contributed by atoms with Crippen molar-refractivity contribution < 1.29 is 14.3 Å². The molecule has 0 aromatic rings. The first-order chi connectivity index (χ1) is 5.16. The molecule has 0 aromatic carbocycles. The number of methoxy groups -OCH3 is 1. The maximum absolute atomic E-state index is 10.9. The fraction of sp³-hybridized carbons (Fsp3) is 0.500. The lowest BCUT2D eigenvalue weighted by Crippen LogP contribution is -2.14. The molecule has 1 aliphatic rings. The molecule has 1 saturated carbocycles. The fourth-order valence-corrected chi connectivity index (χ4v) is 1.21. The molecule has 60 valence electrons. The average molecular weight is 154 g/mol. The van der Waals surface area contributed by atoms with E-state index in [1.165, 1.54) is 7.11 Å². The monoisotopic (exact) mass is 154 g/mol. The van der Waals surface area contributed by atoms with Gasteiger partial charge in [0.1, 0.15) is 0 Å². The van der Waals surface area contributed by atoms with E-state index in [9.17, 15) is 9.59 Å². The molecule has 1 fully saturated rings. The minimum Gasteiger partial charge on any atom is -0.469 e. The van der Waals surface area contributed by atoms with Crippen LogP contribution in [0.15, 0.2) is 12.2 Å². The van der Waals surface area contributed by atoms with Crippen LogP contribution in [0.2, 0.25) is 0 Å². The number of Topliss-reactive ketones (excluding diaryl/α,β-unsaturated/α-hetero) is 1. The Bertz CT molecular complexity index is 217. The van der Waals surface area contributed by atoms with Crippen LogP contribution in [0.25, 0.3) is 0 Å². The normalized spacial score (nSPS) is 23.9. The number of ketones is 1. The molecule has 1 aliphatic carbocycles. The Morgan fingerprint density at radius 1 is 1.73 bits per heavy atom. The fourth-order valence-electron chi connectivity index (χ4n) is 1.21. The van der Waals surface area contributed by atoms with E-state index >= 15 is 0 Å². The van der Waals surface area contributed by atoms with E-state index in [2.05, 4.69) is 11.3 Å². The maximum Gasteiger partial charge on any atom is 0.313 e. The van der Waals surface area contributed by atoms with E-state index in [4.69, 9.17) is 0 Å². The van der Waals surface area contributed by atoms with Crippen LogP contribution in [-0.2, 0) is 14.3 Å². The van der Waals surface area contributed by atoms with Gasteiger partial charge in [-0.2, -0.15) is 0 Å². The van der Waals surface area contributed by atoms with E-state index < -0.39 is 0 Å². The van der Waals surface area contributed by atoms with Crippen LogP contribution in [0.3, 0.4) is 0 Å². The lowest BCUT2D eigenvalue weighted by atomic mass is 10.1. The predicted molar refractivity (Wildman–Crippen MR) is 38.9 cm³/mol. The second kappa shape index (κ2) is 2.86. The topological polar surface area (TPSA) is 43.4 Å². The molecule has 0 radical (unpaired) electrons. The molecule has 0 saturated heterocycles.